The molecule has 0 aliphatic carbocycles. The summed E-state index contributed by atoms with van der Waals surface area (Å²) in [6, 6.07) is 13.7. The predicted molar refractivity (Wildman–Crippen MR) is 73.3 cm³/mol. The fourth-order valence-electron chi connectivity index (χ4n) is 1.99. The molecule has 0 radical (unpaired) electrons. The zero-order chi connectivity index (χ0) is 12.5. The number of fused-ring (bicyclic) bond motifs is 1. The molecule has 1 aliphatic heterocycles. The third-order valence-electron chi connectivity index (χ3n) is 2.93. The van der Waals surface area contributed by atoms with Gasteiger partial charge >= 0.3 is 0 Å². The van der Waals surface area contributed by atoms with E-state index in [9.17, 15) is 5.11 Å². The van der Waals surface area contributed by atoms with Crippen LogP contribution < -0.4 is 10.1 Å². The molecule has 1 unspecified atom stereocenters. The molecule has 3 rings (SSSR count). The van der Waals surface area contributed by atoms with Crippen molar-refractivity contribution in [3.8, 4) is 11.5 Å². The Labute approximate surface area is 110 Å². The molecule has 3 nitrogen and oxygen atoms in total. The Kier molecular flexibility index (Phi) is 2.80. The van der Waals surface area contributed by atoms with Crippen LogP contribution in [0.2, 0.25) is 0 Å². The van der Waals surface area contributed by atoms with Gasteiger partial charge in [-0.15, -0.1) is 0 Å². The number of phenols is 1. The number of phenolic OH excluding ortho intramolecular Hbond substituents is 1. The molecule has 1 atom stereocenters. The summed E-state index contributed by atoms with van der Waals surface area (Å²) in [5.74, 6) is 0.674. The van der Waals surface area contributed by atoms with Crippen LogP contribution in [-0.4, -0.2) is 12.2 Å². The second-order valence-corrected chi connectivity index (χ2v) is 5.22. The zero-order valence-electron chi connectivity index (χ0n) is 9.88. The smallest absolute Gasteiger partial charge is 0.160 e. The Morgan fingerprint density at radius 2 is 2.06 bits per heavy atom. The minimum atomic E-state index is 0.164. The van der Waals surface area contributed by atoms with E-state index in [1.54, 1.807) is 24.9 Å². The second-order valence-electron chi connectivity index (χ2n) is 4.07. The highest BCUT2D eigenvalue weighted by Crippen LogP contribution is 2.47. The van der Waals surface area contributed by atoms with Crippen molar-refractivity contribution in [3.63, 3.8) is 0 Å². The molecule has 2 aromatic rings. The monoisotopic (exact) mass is 259 g/mol. The second kappa shape index (κ2) is 4.46. The maximum atomic E-state index is 9.60. The molecule has 0 aromatic heterocycles. The molecule has 0 spiro atoms. The molecule has 2 N–H and O–H groups in total. The fourth-order valence-corrected chi connectivity index (χ4v) is 3.13. The van der Waals surface area contributed by atoms with Gasteiger partial charge in [-0.05, 0) is 29.8 Å². The number of methoxy groups -OCH3 is 1. The van der Waals surface area contributed by atoms with Crippen LogP contribution >= 0.6 is 11.8 Å². The Hall–Kier alpha value is -1.81. The molecule has 0 saturated carbocycles. The lowest BCUT2D eigenvalue weighted by Gasteiger charge is -2.12. The van der Waals surface area contributed by atoms with Crippen LogP contribution in [0.25, 0.3) is 0 Å². The van der Waals surface area contributed by atoms with Gasteiger partial charge in [-0.3, -0.25) is 0 Å². The third kappa shape index (κ3) is 1.88. The highest BCUT2D eigenvalue weighted by atomic mass is 32.2. The summed E-state index contributed by atoms with van der Waals surface area (Å²) in [6.07, 6.45) is 0. The maximum Gasteiger partial charge on any atom is 0.160 e. The lowest BCUT2D eigenvalue weighted by atomic mass is 10.2. The highest BCUT2D eigenvalue weighted by Gasteiger charge is 2.23. The predicted octanol–water partition coefficient (Wildman–Crippen LogP) is 3.62. The largest absolute Gasteiger partial charge is 0.504 e. The number of para-hydroxylation sites is 1. The number of benzene rings is 2. The molecule has 1 aliphatic rings. The van der Waals surface area contributed by atoms with Crippen LogP contribution in [0.1, 0.15) is 10.9 Å². The van der Waals surface area contributed by atoms with E-state index in [-0.39, 0.29) is 11.1 Å². The van der Waals surface area contributed by atoms with Gasteiger partial charge in [0.1, 0.15) is 5.37 Å². The van der Waals surface area contributed by atoms with Crippen LogP contribution in [0.15, 0.2) is 47.4 Å². The minimum Gasteiger partial charge on any atom is -0.504 e. The fraction of sp³-hybridized carbons (Fsp3) is 0.143. The molecule has 4 heteroatoms. The summed E-state index contributed by atoms with van der Waals surface area (Å²) in [7, 11) is 1.56. The first kappa shape index (κ1) is 11.3. The van der Waals surface area contributed by atoms with Crippen LogP contribution in [0.3, 0.4) is 0 Å². The SMILES string of the molecule is COc1cc(C2Nc3ccccc3S2)ccc1O. The van der Waals surface area contributed by atoms with Gasteiger partial charge in [0, 0.05) is 10.6 Å². The average Bonchev–Trinajstić information content (AvgIpc) is 2.83. The van der Waals surface area contributed by atoms with Gasteiger partial charge in [0.2, 0.25) is 0 Å². The highest BCUT2D eigenvalue weighted by molar-refractivity contribution is 8.00. The number of nitrogens with one attached hydrogen (secondary N) is 1. The summed E-state index contributed by atoms with van der Waals surface area (Å²) in [5.41, 5.74) is 2.24. The first-order valence-electron chi connectivity index (χ1n) is 5.67. The lowest BCUT2D eigenvalue weighted by Crippen LogP contribution is -2.01. The Morgan fingerprint density at radius 3 is 2.83 bits per heavy atom. The van der Waals surface area contributed by atoms with Crippen molar-refractivity contribution < 1.29 is 9.84 Å². The van der Waals surface area contributed by atoms with E-state index in [1.807, 2.05) is 24.3 Å². The van der Waals surface area contributed by atoms with E-state index >= 15 is 0 Å². The summed E-state index contributed by atoms with van der Waals surface area (Å²) < 4.78 is 5.14. The summed E-state index contributed by atoms with van der Waals surface area (Å²) in [4.78, 5) is 1.24. The summed E-state index contributed by atoms with van der Waals surface area (Å²) in [6.45, 7) is 0. The van der Waals surface area contributed by atoms with Crippen LogP contribution in [-0.2, 0) is 0 Å². The van der Waals surface area contributed by atoms with Crippen molar-refractivity contribution in [2.24, 2.45) is 0 Å². The van der Waals surface area contributed by atoms with E-state index in [0.717, 1.165) is 11.3 Å². The number of ether oxygens (including phenoxy) is 1. The minimum absolute atomic E-state index is 0.164. The van der Waals surface area contributed by atoms with Crippen molar-refractivity contribution in [3.05, 3.63) is 48.0 Å². The molecule has 0 amide bonds. The molecule has 18 heavy (non-hydrogen) atoms. The molecule has 92 valence electrons. The van der Waals surface area contributed by atoms with E-state index in [2.05, 4.69) is 17.4 Å². The topological polar surface area (TPSA) is 41.5 Å². The number of aromatic hydroxyl groups is 1. The number of hydrogen-bond acceptors (Lipinski definition) is 4. The molecule has 0 bridgehead atoms. The van der Waals surface area contributed by atoms with Crippen molar-refractivity contribution >= 4 is 17.4 Å². The number of rotatable bonds is 2. The van der Waals surface area contributed by atoms with Crippen molar-refractivity contribution in [1.82, 2.24) is 0 Å². The van der Waals surface area contributed by atoms with Crippen molar-refractivity contribution in [2.45, 2.75) is 10.3 Å². The van der Waals surface area contributed by atoms with Crippen molar-refractivity contribution in [1.29, 1.82) is 0 Å². The van der Waals surface area contributed by atoms with Gasteiger partial charge in [0.05, 0.1) is 7.11 Å². The van der Waals surface area contributed by atoms with Crippen LogP contribution in [0.4, 0.5) is 5.69 Å². The quantitative estimate of drug-likeness (QED) is 0.864. The Morgan fingerprint density at radius 1 is 1.22 bits per heavy atom. The van der Waals surface area contributed by atoms with E-state index in [1.165, 1.54) is 4.90 Å². The summed E-state index contributed by atoms with van der Waals surface area (Å²) in [5, 5.41) is 13.2. The van der Waals surface area contributed by atoms with E-state index in [0.29, 0.717) is 5.75 Å². The zero-order valence-corrected chi connectivity index (χ0v) is 10.7. The van der Waals surface area contributed by atoms with Gasteiger partial charge < -0.3 is 15.2 Å². The van der Waals surface area contributed by atoms with Crippen LogP contribution in [0, 0.1) is 0 Å². The standard InChI is InChI=1S/C14H13NO2S/c1-17-12-8-9(6-7-11(12)16)14-15-10-4-2-3-5-13(10)18-14/h2-8,14-16H,1H3. The van der Waals surface area contributed by atoms with Gasteiger partial charge in [-0.25, -0.2) is 0 Å². The number of anilines is 1. The van der Waals surface area contributed by atoms with E-state index in [4.69, 9.17) is 4.74 Å². The van der Waals surface area contributed by atoms with Gasteiger partial charge in [-0.2, -0.15) is 0 Å². The Bertz CT molecular complexity index is 561. The molecule has 0 fully saturated rings. The molecular formula is C14H13NO2S. The number of thioether (sulfide) groups is 1. The Balaban J connectivity index is 1.90. The number of hydrogen-bond donors (Lipinski definition) is 2. The summed E-state index contributed by atoms with van der Waals surface area (Å²) >= 11 is 1.77. The third-order valence-corrected chi connectivity index (χ3v) is 4.16. The van der Waals surface area contributed by atoms with Gasteiger partial charge in [0.25, 0.3) is 0 Å². The average molecular weight is 259 g/mol. The molecule has 1 heterocycles. The van der Waals surface area contributed by atoms with Crippen LogP contribution in [0.5, 0.6) is 11.5 Å². The molecule has 2 aromatic carbocycles. The van der Waals surface area contributed by atoms with Crippen molar-refractivity contribution in [2.75, 3.05) is 12.4 Å². The first-order chi connectivity index (χ1) is 8.78. The van der Waals surface area contributed by atoms with Gasteiger partial charge in [0.15, 0.2) is 11.5 Å². The molecular weight excluding hydrogens is 246 g/mol. The van der Waals surface area contributed by atoms with Gasteiger partial charge in [-0.1, -0.05) is 30.0 Å². The first-order valence-corrected chi connectivity index (χ1v) is 6.55. The maximum absolute atomic E-state index is 9.60. The van der Waals surface area contributed by atoms with E-state index < -0.39 is 0 Å². The lowest BCUT2D eigenvalue weighted by molar-refractivity contribution is 0.373. The molecule has 0 saturated heterocycles. The normalized spacial score (nSPS) is 17.1.